The van der Waals surface area contributed by atoms with Crippen LogP contribution in [0.3, 0.4) is 0 Å². The Kier molecular flexibility index (Phi) is 7.00. The van der Waals surface area contributed by atoms with Crippen LogP contribution in [0.4, 0.5) is 11.4 Å². The Morgan fingerprint density at radius 3 is 2.50 bits per heavy atom. The van der Waals surface area contributed by atoms with E-state index in [-0.39, 0.29) is 18.0 Å². The number of aliphatic hydroxyl groups excluding tert-OH is 1. The highest BCUT2D eigenvalue weighted by Crippen LogP contribution is 2.20. The number of aromatic nitrogens is 1. The van der Waals surface area contributed by atoms with Crippen molar-refractivity contribution in [2.75, 3.05) is 18.5 Å². The van der Waals surface area contributed by atoms with Crippen molar-refractivity contribution in [1.82, 2.24) is 4.37 Å². The molecule has 0 spiro atoms. The van der Waals surface area contributed by atoms with Gasteiger partial charge in [0.1, 0.15) is 5.84 Å². The number of nitrogens with zero attached hydrogens (tertiary/aromatic N) is 1. The number of aliphatic hydroxyl groups is 1. The molecule has 0 atom stereocenters. The van der Waals surface area contributed by atoms with E-state index in [1.807, 2.05) is 54.6 Å². The van der Waals surface area contributed by atoms with Crippen molar-refractivity contribution in [3.8, 4) is 0 Å². The third-order valence-corrected chi connectivity index (χ3v) is 5.14. The molecule has 146 valence electrons. The van der Waals surface area contributed by atoms with Crippen LogP contribution in [0, 0.1) is 0 Å². The predicted octanol–water partition coefficient (Wildman–Crippen LogP) is 3.25. The Bertz CT molecular complexity index is 962. The molecule has 3 rings (SSSR count). The number of nitrogens with one attached hydrogen (secondary N) is 2. The number of benzene rings is 2. The van der Waals surface area contributed by atoms with E-state index in [0.717, 1.165) is 28.2 Å². The minimum Gasteiger partial charge on any atom is -0.396 e. The Labute approximate surface area is 167 Å². The molecular weight excluding hydrogens is 372 g/mol. The molecule has 28 heavy (non-hydrogen) atoms. The quantitative estimate of drug-likeness (QED) is 0.253. The second kappa shape index (κ2) is 9.87. The molecule has 0 saturated carbocycles. The minimum absolute atomic E-state index is 0.134. The van der Waals surface area contributed by atoms with Crippen molar-refractivity contribution in [1.29, 1.82) is 0 Å². The van der Waals surface area contributed by atoms with Crippen LogP contribution in [0.25, 0.3) is 0 Å². The van der Waals surface area contributed by atoms with E-state index < -0.39 is 0 Å². The standard InChI is InChI=1S/C21H24N4O2S/c22-20(23-12-4-5-13-26)19-18(28-25-21(19)27)14-15-8-10-17(11-9-15)24-16-6-2-1-3-7-16/h1-3,6-11,24,26H,4-5,12-14H2,(H2,22,23)(H,25,27). The average molecular weight is 397 g/mol. The lowest BCUT2D eigenvalue weighted by Crippen LogP contribution is -2.23. The normalized spacial score (nSPS) is 11.5. The summed E-state index contributed by atoms with van der Waals surface area (Å²) < 4.78 is 2.76. The Morgan fingerprint density at radius 1 is 1.07 bits per heavy atom. The number of aliphatic imine (C=N–C) groups is 1. The number of anilines is 2. The van der Waals surface area contributed by atoms with E-state index in [2.05, 4.69) is 14.7 Å². The first-order chi connectivity index (χ1) is 13.7. The summed E-state index contributed by atoms with van der Waals surface area (Å²) in [5.74, 6) is 0.262. The van der Waals surface area contributed by atoms with E-state index in [1.165, 1.54) is 11.5 Å². The summed E-state index contributed by atoms with van der Waals surface area (Å²) >= 11 is 1.30. The first-order valence-corrected chi connectivity index (χ1v) is 10.0. The van der Waals surface area contributed by atoms with Gasteiger partial charge >= 0.3 is 0 Å². The SMILES string of the molecule is NC(=NCCCCO)c1c(Cc2ccc(Nc3ccccc3)cc2)s[nH]c1=O. The van der Waals surface area contributed by atoms with Crippen molar-refractivity contribution in [3.05, 3.63) is 81.0 Å². The lowest BCUT2D eigenvalue weighted by atomic mass is 10.1. The molecule has 0 fully saturated rings. The van der Waals surface area contributed by atoms with Crippen LogP contribution in [-0.4, -0.2) is 28.5 Å². The second-order valence-electron chi connectivity index (χ2n) is 6.39. The molecule has 0 amide bonds. The first kappa shape index (κ1) is 19.9. The third kappa shape index (κ3) is 5.31. The highest BCUT2D eigenvalue weighted by atomic mass is 32.1. The minimum atomic E-state index is -0.203. The molecule has 6 nitrogen and oxygen atoms in total. The molecule has 0 radical (unpaired) electrons. The molecular formula is C21H24N4O2S. The molecule has 7 heteroatoms. The van der Waals surface area contributed by atoms with Gasteiger partial charge in [-0.05, 0) is 42.7 Å². The number of H-pyrrole nitrogens is 1. The molecule has 0 unspecified atom stereocenters. The van der Waals surface area contributed by atoms with Crippen LogP contribution >= 0.6 is 11.5 Å². The van der Waals surface area contributed by atoms with Crippen molar-refractivity contribution >= 4 is 28.7 Å². The highest BCUT2D eigenvalue weighted by molar-refractivity contribution is 7.06. The number of nitrogens with two attached hydrogens (primary N) is 1. The van der Waals surface area contributed by atoms with Gasteiger partial charge in [0, 0.05) is 35.8 Å². The van der Waals surface area contributed by atoms with E-state index in [1.54, 1.807) is 0 Å². The predicted molar refractivity (Wildman–Crippen MR) is 116 cm³/mol. The summed E-state index contributed by atoms with van der Waals surface area (Å²) in [6, 6.07) is 18.1. The Morgan fingerprint density at radius 2 is 1.79 bits per heavy atom. The van der Waals surface area contributed by atoms with E-state index in [0.29, 0.717) is 24.9 Å². The number of para-hydroxylation sites is 1. The molecule has 0 aliphatic rings. The Balaban J connectivity index is 1.69. The molecule has 1 heterocycles. The molecule has 0 saturated heterocycles. The molecule has 0 bridgehead atoms. The zero-order valence-electron chi connectivity index (χ0n) is 15.5. The topological polar surface area (TPSA) is 104 Å². The van der Waals surface area contributed by atoms with Crippen LogP contribution in [0.5, 0.6) is 0 Å². The van der Waals surface area contributed by atoms with Crippen LogP contribution in [0.15, 0.2) is 64.4 Å². The molecule has 0 aliphatic heterocycles. The van der Waals surface area contributed by atoms with Crippen molar-refractivity contribution in [2.24, 2.45) is 10.7 Å². The van der Waals surface area contributed by atoms with Gasteiger partial charge in [0.2, 0.25) is 0 Å². The van der Waals surface area contributed by atoms with E-state index >= 15 is 0 Å². The smallest absolute Gasteiger partial charge is 0.269 e. The molecule has 3 aromatic rings. The number of rotatable bonds is 9. The van der Waals surface area contributed by atoms with Crippen molar-refractivity contribution < 1.29 is 5.11 Å². The van der Waals surface area contributed by atoms with Crippen LogP contribution in [0.2, 0.25) is 0 Å². The molecule has 0 aliphatic carbocycles. The number of amidine groups is 1. The lowest BCUT2D eigenvalue weighted by molar-refractivity contribution is 0.285. The van der Waals surface area contributed by atoms with E-state index in [9.17, 15) is 4.79 Å². The van der Waals surface area contributed by atoms with Gasteiger partial charge in [0.05, 0.1) is 5.56 Å². The van der Waals surface area contributed by atoms with Gasteiger partial charge in [-0.25, -0.2) is 0 Å². The Hall–Kier alpha value is -2.90. The maximum Gasteiger partial charge on any atom is 0.269 e. The number of hydrogen-bond donors (Lipinski definition) is 4. The van der Waals surface area contributed by atoms with Crippen molar-refractivity contribution in [2.45, 2.75) is 19.3 Å². The summed E-state index contributed by atoms with van der Waals surface area (Å²) in [5, 5.41) is 12.2. The van der Waals surface area contributed by atoms with Crippen LogP contribution < -0.4 is 16.6 Å². The summed E-state index contributed by atoms with van der Waals surface area (Å²) in [6.07, 6.45) is 2.02. The number of unbranched alkanes of at least 4 members (excludes halogenated alkanes) is 1. The third-order valence-electron chi connectivity index (χ3n) is 4.26. The fraction of sp³-hybridized carbons (Fsp3) is 0.238. The van der Waals surface area contributed by atoms with Gasteiger partial charge < -0.3 is 16.2 Å². The van der Waals surface area contributed by atoms with Crippen LogP contribution in [0.1, 0.15) is 28.8 Å². The zero-order valence-corrected chi connectivity index (χ0v) is 16.3. The first-order valence-electron chi connectivity index (χ1n) is 9.20. The maximum atomic E-state index is 12.2. The molecule has 5 N–H and O–H groups in total. The summed E-state index contributed by atoms with van der Waals surface area (Å²) in [5.41, 5.74) is 9.43. The highest BCUT2D eigenvalue weighted by Gasteiger charge is 2.14. The summed E-state index contributed by atoms with van der Waals surface area (Å²) in [4.78, 5) is 17.3. The van der Waals surface area contributed by atoms with Gasteiger partial charge in [-0.2, -0.15) is 0 Å². The summed E-state index contributed by atoms with van der Waals surface area (Å²) in [6.45, 7) is 0.635. The van der Waals surface area contributed by atoms with E-state index in [4.69, 9.17) is 10.8 Å². The zero-order chi connectivity index (χ0) is 19.8. The monoisotopic (exact) mass is 396 g/mol. The largest absolute Gasteiger partial charge is 0.396 e. The molecule has 2 aromatic carbocycles. The average Bonchev–Trinajstić information content (AvgIpc) is 3.07. The van der Waals surface area contributed by atoms with Gasteiger partial charge in [0.25, 0.3) is 5.56 Å². The molecule has 1 aromatic heterocycles. The fourth-order valence-corrected chi connectivity index (χ4v) is 3.66. The van der Waals surface area contributed by atoms with Gasteiger partial charge in [-0.15, -0.1) is 0 Å². The number of aromatic amines is 1. The fourth-order valence-electron chi connectivity index (χ4n) is 2.80. The lowest BCUT2D eigenvalue weighted by Gasteiger charge is -2.08. The number of hydrogen-bond acceptors (Lipinski definition) is 5. The van der Waals surface area contributed by atoms with Crippen molar-refractivity contribution in [3.63, 3.8) is 0 Å². The van der Waals surface area contributed by atoms with Gasteiger partial charge in [-0.3, -0.25) is 14.2 Å². The maximum absolute atomic E-state index is 12.2. The van der Waals surface area contributed by atoms with Gasteiger partial charge in [-0.1, -0.05) is 41.9 Å². The summed E-state index contributed by atoms with van der Waals surface area (Å²) in [7, 11) is 0. The second-order valence-corrected chi connectivity index (χ2v) is 7.29. The van der Waals surface area contributed by atoms with Crippen LogP contribution in [-0.2, 0) is 6.42 Å². The van der Waals surface area contributed by atoms with Gasteiger partial charge in [0.15, 0.2) is 0 Å².